The maximum atomic E-state index is 12.7. The molecular formula is C42H50N4O5. The lowest BCUT2D eigenvalue weighted by molar-refractivity contribution is -0.253. The maximum Gasteiger partial charge on any atom is 0.224 e. The van der Waals surface area contributed by atoms with E-state index in [2.05, 4.69) is 58.0 Å². The first-order valence-electron chi connectivity index (χ1n) is 18.3. The summed E-state index contributed by atoms with van der Waals surface area (Å²) in [7, 11) is 0. The van der Waals surface area contributed by atoms with E-state index in [-0.39, 0.29) is 30.6 Å². The largest absolute Gasteiger partial charge is 0.397 e. The molecule has 3 atom stereocenters. The van der Waals surface area contributed by atoms with E-state index < -0.39 is 6.29 Å². The van der Waals surface area contributed by atoms with Crippen LogP contribution in [0.25, 0.3) is 11.1 Å². The molecule has 0 aliphatic carbocycles. The van der Waals surface area contributed by atoms with Crippen LogP contribution in [0.5, 0.6) is 0 Å². The minimum atomic E-state index is -0.498. The molecule has 0 saturated carbocycles. The second kappa shape index (κ2) is 18.1. The number of unbranched alkanes of at least 4 members (excludes halogenated alkanes) is 1. The van der Waals surface area contributed by atoms with Gasteiger partial charge >= 0.3 is 0 Å². The van der Waals surface area contributed by atoms with Crippen LogP contribution in [-0.2, 0) is 32.2 Å². The standard InChI is InChI=1S/C42H50N4O5/c43-37-12-4-5-13-38(37)45-41(49)15-7-6-14-40(48)44-27-34-10-2-3-11-36(34)31-20-22-33(23-21-31)42-50-35(28-46-24-8-1-9-25-46)26-39(51-42)32-18-16-30(29-47)17-19-32/h2-5,10-13,16-23,35,39,42,47H,1,6-9,14-15,24-29,43H2,(H,44,48)(H,45,49)/t35-,39+,42+/m1/s1. The van der Waals surface area contributed by atoms with Crippen molar-refractivity contribution in [3.63, 3.8) is 0 Å². The Morgan fingerprint density at radius 3 is 2.22 bits per heavy atom. The molecule has 2 saturated heterocycles. The summed E-state index contributed by atoms with van der Waals surface area (Å²) < 4.78 is 13.2. The molecule has 9 nitrogen and oxygen atoms in total. The zero-order chi connectivity index (χ0) is 35.4. The van der Waals surface area contributed by atoms with Crippen LogP contribution in [0.4, 0.5) is 11.4 Å². The number of nitrogens with zero attached hydrogens (tertiary/aromatic N) is 1. The Labute approximate surface area is 301 Å². The van der Waals surface area contributed by atoms with Crippen LogP contribution >= 0.6 is 0 Å². The van der Waals surface area contributed by atoms with Crippen molar-refractivity contribution in [2.75, 3.05) is 30.7 Å². The summed E-state index contributed by atoms with van der Waals surface area (Å²) in [5.41, 5.74) is 13.1. The number of nitrogens with two attached hydrogens (primary N) is 1. The second-order valence-corrected chi connectivity index (χ2v) is 13.6. The molecule has 0 spiro atoms. The van der Waals surface area contributed by atoms with Gasteiger partial charge in [-0.3, -0.25) is 9.59 Å². The number of aliphatic hydroxyl groups excluding tert-OH is 1. The highest BCUT2D eigenvalue weighted by Gasteiger charge is 2.33. The first-order chi connectivity index (χ1) is 24.9. The fourth-order valence-corrected chi connectivity index (χ4v) is 6.92. The van der Waals surface area contributed by atoms with Crippen molar-refractivity contribution in [1.29, 1.82) is 0 Å². The second-order valence-electron chi connectivity index (χ2n) is 13.6. The van der Waals surface area contributed by atoms with Gasteiger partial charge in [0.15, 0.2) is 6.29 Å². The number of hydrogen-bond donors (Lipinski definition) is 4. The predicted octanol–water partition coefficient (Wildman–Crippen LogP) is 7.27. The van der Waals surface area contributed by atoms with E-state index in [0.29, 0.717) is 43.6 Å². The van der Waals surface area contributed by atoms with Gasteiger partial charge < -0.3 is 35.8 Å². The van der Waals surface area contributed by atoms with Crippen LogP contribution in [0, 0.1) is 0 Å². The molecule has 0 aromatic heterocycles. The summed E-state index contributed by atoms with van der Waals surface area (Å²) >= 11 is 0. The molecule has 4 aromatic rings. The molecule has 0 bridgehead atoms. The molecule has 5 N–H and O–H groups in total. The molecule has 2 aliphatic rings. The molecule has 268 valence electrons. The third-order valence-electron chi connectivity index (χ3n) is 9.81. The Morgan fingerprint density at radius 2 is 1.47 bits per heavy atom. The SMILES string of the molecule is Nc1ccccc1NC(=O)CCCCC(=O)NCc1ccccc1-c1ccc([C@H]2O[C@@H](CN3CCCCC3)C[C@@H](c3ccc(CO)cc3)O2)cc1. The summed E-state index contributed by atoms with van der Waals surface area (Å²) in [5.74, 6) is -0.153. The van der Waals surface area contributed by atoms with Crippen LogP contribution in [0.3, 0.4) is 0 Å². The van der Waals surface area contributed by atoms with Crippen LogP contribution < -0.4 is 16.4 Å². The van der Waals surface area contributed by atoms with Gasteiger partial charge in [-0.25, -0.2) is 0 Å². The third-order valence-corrected chi connectivity index (χ3v) is 9.81. The van der Waals surface area contributed by atoms with Crippen molar-refractivity contribution < 1.29 is 24.2 Å². The van der Waals surface area contributed by atoms with Crippen molar-refractivity contribution in [1.82, 2.24) is 10.2 Å². The van der Waals surface area contributed by atoms with E-state index in [9.17, 15) is 14.7 Å². The zero-order valence-corrected chi connectivity index (χ0v) is 29.3. The van der Waals surface area contributed by atoms with Crippen LogP contribution in [0.15, 0.2) is 97.1 Å². The Hall–Kier alpha value is -4.54. The summed E-state index contributed by atoms with van der Waals surface area (Å²) in [6.07, 6.45) is 5.88. The van der Waals surface area contributed by atoms with E-state index in [4.69, 9.17) is 15.2 Å². The predicted molar refractivity (Wildman–Crippen MR) is 200 cm³/mol. The molecule has 4 aromatic carbocycles. The molecule has 51 heavy (non-hydrogen) atoms. The van der Waals surface area contributed by atoms with Gasteiger partial charge in [0.2, 0.25) is 11.8 Å². The minimum Gasteiger partial charge on any atom is -0.397 e. The third kappa shape index (κ3) is 10.3. The smallest absolute Gasteiger partial charge is 0.224 e. The van der Waals surface area contributed by atoms with Crippen molar-refractivity contribution in [2.45, 2.75) is 83.0 Å². The number of amides is 2. The van der Waals surface area contributed by atoms with Gasteiger partial charge in [-0.15, -0.1) is 0 Å². The number of nitrogens with one attached hydrogen (secondary N) is 2. The van der Waals surface area contributed by atoms with Crippen LogP contribution in [-0.4, -0.2) is 47.6 Å². The first-order valence-corrected chi connectivity index (χ1v) is 18.3. The number of benzene rings is 4. The monoisotopic (exact) mass is 690 g/mol. The normalized spacial score (nSPS) is 19.4. The van der Waals surface area contributed by atoms with E-state index in [1.54, 1.807) is 12.1 Å². The van der Waals surface area contributed by atoms with E-state index in [0.717, 1.165) is 59.4 Å². The zero-order valence-electron chi connectivity index (χ0n) is 29.3. The van der Waals surface area contributed by atoms with Crippen LogP contribution in [0.1, 0.15) is 86.0 Å². The molecule has 2 amide bonds. The van der Waals surface area contributed by atoms with Crippen molar-refractivity contribution in [3.05, 3.63) is 119 Å². The lowest BCUT2D eigenvalue weighted by atomic mass is 9.97. The number of aliphatic hydroxyl groups is 1. The Kier molecular flexibility index (Phi) is 12.9. The number of nitrogen functional groups attached to an aromatic ring is 1. The number of hydrogen-bond acceptors (Lipinski definition) is 7. The van der Waals surface area contributed by atoms with Gasteiger partial charge in [0.25, 0.3) is 0 Å². The Morgan fingerprint density at radius 1 is 0.784 bits per heavy atom. The number of para-hydroxylation sites is 2. The lowest BCUT2D eigenvalue weighted by Crippen LogP contribution is -2.41. The summed E-state index contributed by atoms with van der Waals surface area (Å²) in [5, 5.41) is 15.4. The number of ether oxygens (including phenoxy) is 2. The molecule has 0 unspecified atom stereocenters. The average Bonchev–Trinajstić information content (AvgIpc) is 3.17. The average molecular weight is 691 g/mol. The van der Waals surface area contributed by atoms with Gasteiger partial charge in [-0.05, 0) is 78.7 Å². The van der Waals surface area contributed by atoms with Crippen molar-refractivity contribution in [3.8, 4) is 11.1 Å². The number of rotatable bonds is 14. The lowest BCUT2D eigenvalue weighted by Gasteiger charge is -2.39. The summed E-state index contributed by atoms with van der Waals surface area (Å²) in [4.78, 5) is 27.5. The number of carbonyl (C=O) groups excluding carboxylic acids is 2. The molecule has 0 radical (unpaired) electrons. The van der Waals surface area contributed by atoms with Crippen LogP contribution in [0.2, 0.25) is 0 Å². The van der Waals surface area contributed by atoms with Gasteiger partial charge in [-0.2, -0.15) is 0 Å². The highest BCUT2D eigenvalue weighted by Crippen LogP contribution is 2.39. The molecular weight excluding hydrogens is 640 g/mol. The highest BCUT2D eigenvalue weighted by molar-refractivity contribution is 5.93. The number of carbonyl (C=O) groups is 2. The molecule has 2 heterocycles. The van der Waals surface area contributed by atoms with E-state index in [1.807, 2.05) is 42.5 Å². The summed E-state index contributed by atoms with van der Waals surface area (Å²) in [6, 6.07) is 31.6. The number of likely N-dealkylation sites (tertiary alicyclic amines) is 1. The molecule has 6 rings (SSSR count). The topological polar surface area (TPSA) is 126 Å². The van der Waals surface area contributed by atoms with E-state index in [1.165, 1.54) is 19.3 Å². The molecule has 2 fully saturated rings. The number of anilines is 2. The molecule has 2 aliphatic heterocycles. The fraction of sp³-hybridized carbons (Fsp3) is 0.381. The highest BCUT2D eigenvalue weighted by atomic mass is 16.7. The Bertz CT molecular complexity index is 1720. The van der Waals surface area contributed by atoms with Gasteiger partial charge in [0.1, 0.15) is 0 Å². The van der Waals surface area contributed by atoms with Crippen molar-refractivity contribution >= 4 is 23.2 Å². The van der Waals surface area contributed by atoms with Crippen molar-refractivity contribution in [2.24, 2.45) is 0 Å². The minimum absolute atomic E-state index is 0.0188. The quantitative estimate of drug-likeness (QED) is 0.0810. The maximum absolute atomic E-state index is 12.7. The van der Waals surface area contributed by atoms with Gasteiger partial charge in [0, 0.05) is 37.9 Å². The van der Waals surface area contributed by atoms with Gasteiger partial charge in [-0.1, -0.05) is 91.3 Å². The first kappa shape index (κ1) is 36.3. The fourth-order valence-electron chi connectivity index (χ4n) is 6.92. The number of piperidine rings is 1. The molecule has 9 heteroatoms. The van der Waals surface area contributed by atoms with Gasteiger partial charge in [0.05, 0.1) is 30.2 Å². The summed E-state index contributed by atoms with van der Waals surface area (Å²) in [6.45, 7) is 3.54. The van der Waals surface area contributed by atoms with E-state index >= 15 is 0 Å². The Balaban J connectivity index is 1.04.